The summed E-state index contributed by atoms with van der Waals surface area (Å²) < 4.78 is 6.01. The standard InChI is InChI=1S/C30H33ClN4O4/c31-26-18-21(8-10-27(26)36)30(38)33-32-19-22-9-11-28(25-7-3-2-6-24(22)25)39-20-29(37)35-16-12-23(13-17-35)34-14-4-1-5-15-34/h2-3,6-11,18-19,23,36H,1,4-5,12-17,20H2,(H,33,38). The van der Waals surface area contributed by atoms with E-state index in [1.807, 2.05) is 41.3 Å². The molecule has 0 aromatic heterocycles. The van der Waals surface area contributed by atoms with E-state index in [0.29, 0.717) is 11.8 Å². The zero-order chi connectivity index (χ0) is 27.2. The van der Waals surface area contributed by atoms with E-state index in [9.17, 15) is 14.7 Å². The van der Waals surface area contributed by atoms with Gasteiger partial charge in [-0.3, -0.25) is 9.59 Å². The first-order valence-electron chi connectivity index (χ1n) is 13.5. The highest BCUT2D eigenvalue weighted by atomic mass is 35.5. The van der Waals surface area contributed by atoms with E-state index < -0.39 is 5.91 Å². The van der Waals surface area contributed by atoms with Crippen LogP contribution in [0, 0.1) is 0 Å². The van der Waals surface area contributed by atoms with Crippen LogP contribution in [0.15, 0.2) is 59.7 Å². The zero-order valence-corrected chi connectivity index (χ0v) is 22.6. The molecule has 0 bridgehead atoms. The predicted octanol–water partition coefficient (Wildman–Crippen LogP) is 4.82. The number of hydrogen-bond donors (Lipinski definition) is 2. The minimum absolute atomic E-state index is 0.00292. The Labute approximate surface area is 233 Å². The Morgan fingerprint density at radius 3 is 2.49 bits per heavy atom. The maximum atomic E-state index is 12.9. The molecule has 2 amide bonds. The number of fused-ring (bicyclic) bond motifs is 1. The number of carbonyl (C=O) groups is 2. The predicted molar refractivity (Wildman–Crippen MR) is 153 cm³/mol. The second-order valence-electron chi connectivity index (χ2n) is 10.1. The molecule has 3 aromatic rings. The highest BCUT2D eigenvalue weighted by molar-refractivity contribution is 6.32. The van der Waals surface area contributed by atoms with Crippen molar-refractivity contribution in [2.75, 3.05) is 32.8 Å². The Balaban J connectivity index is 1.18. The second-order valence-corrected chi connectivity index (χ2v) is 10.5. The van der Waals surface area contributed by atoms with E-state index in [4.69, 9.17) is 16.3 Å². The number of phenolic OH excluding ortho intramolecular Hbond substituents is 1. The lowest BCUT2D eigenvalue weighted by Gasteiger charge is -2.40. The third-order valence-electron chi connectivity index (χ3n) is 7.57. The summed E-state index contributed by atoms with van der Waals surface area (Å²) in [6.07, 6.45) is 7.52. The van der Waals surface area contributed by atoms with Crippen LogP contribution in [-0.4, -0.2) is 71.8 Å². The summed E-state index contributed by atoms with van der Waals surface area (Å²) in [6.45, 7) is 3.94. The number of benzene rings is 3. The number of hydrogen-bond acceptors (Lipinski definition) is 6. The van der Waals surface area contributed by atoms with Crippen molar-refractivity contribution < 1.29 is 19.4 Å². The number of likely N-dealkylation sites (tertiary alicyclic amines) is 2. The SMILES string of the molecule is O=C(NN=Cc1ccc(OCC(=O)N2CCC(N3CCCCC3)CC2)c2ccccc12)c1ccc(O)c(Cl)c1. The number of phenols is 1. The quantitative estimate of drug-likeness (QED) is 0.326. The van der Waals surface area contributed by atoms with Gasteiger partial charge in [0.2, 0.25) is 0 Å². The fourth-order valence-electron chi connectivity index (χ4n) is 5.40. The number of piperidine rings is 2. The van der Waals surface area contributed by atoms with Crippen molar-refractivity contribution in [2.24, 2.45) is 5.10 Å². The Kier molecular flexibility index (Phi) is 8.64. The smallest absolute Gasteiger partial charge is 0.271 e. The van der Waals surface area contributed by atoms with Gasteiger partial charge in [0, 0.05) is 35.6 Å². The molecule has 2 heterocycles. The average molecular weight is 549 g/mol. The maximum Gasteiger partial charge on any atom is 0.271 e. The van der Waals surface area contributed by atoms with Crippen LogP contribution in [0.1, 0.15) is 48.0 Å². The normalized spacial score (nSPS) is 17.0. The van der Waals surface area contributed by atoms with Crippen LogP contribution in [-0.2, 0) is 4.79 Å². The van der Waals surface area contributed by atoms with Crippen molar-refractivity contribution in [2.45, 2.75) is 38.1 Å². The summed E-state index contributed by atoms with van der Waals surface area (Å²) in [4.78, 5) is 29.8. The topological polar surface area (TPSA) is 94.5 Å². The molecule has 39 heavy (non-hydrogen) atoms. The largest absolute Gasteiger partial charge is 0.506 e. The molecular formula is C30H33ClN4O4. The Morgan fingerprint density at radius 2 is 1.74 bits per heavy atom. The van der Waals surface area contributed by atoms with E-state index in [-0.39, 0.29) is 28.8 Å². The lowest BCUT2D eigenvalue weighted by molar-refractivity contribution is -0.135. The number of amides is 2. The Morgan fingerprint density at radius 1 is 1.00 bits per heavy atom. The lowest BCUT2D eigenvalue weighted by atomic mass is 10.00. The van der Waals surface area contributed by atoms with E-state index >= 15 is 0 Å². The molecule has 0 radical (unpaired) electrons. The third-order valence-corrected chi connectivity index (χ3v) is 7.88. The average Bonchev–Trinajstić information content (AvgIpc) is 2.98. The minimum atomic E-state index is -0.448. The Hall–Kier alpha value is -3.62. The van der Waals surface area contributed by atoms with Gasteiger partial charge in [-0.25, -0.2) is 5.43 Å². The van der Waals surface area contributed by atoms with Gasteiger partial charge in [0.05, 0.1) is 11.2 Å². The first-order valence-corrected chi connectivity index (χ1v) is 13.9. The summed E-state index contributed by atoms with van der Waals surface area (Å²) in [5.41, 5.74) is 3.55. The number of hydrazone groups is 1. The van der Waals surface area contributed by atoms with Crippen molar-refractivity contribution in [3.05, 3.63) is 70.7 Å². The van der Waals surface area contributed by atoms with Crippen LogP contribution in [0.4, 0.5) is 0 Å². The van der Waals surface area contributed by atoms with Crippen LogP contribution in [0.3, 0.4) is 0 Å². The van der Waals surface area contributed by atoms with E-state index in [0.717, 1.165) is 42.3 Å². The summed E-state index contributed by atoms with van der Waals surface area (Å²) in [7, 11) is 0. The number of aromatic hydroxyl groups is 1. The highest BCUT2D eigenvalue weighted by Crippen LogP contribution is 2.28. The molecule has 3 aromatic carbocycles. The summed E-state index contributed by atoms with van der Waals surface area (Å²) in [6, 6.07) is 16.2. The fraction of sp³-hybridized carbons (Fsp3) is 0.367. The second kappa shape index (κ2) is 12.5. The van der Waals surface area contributed by atoms with Crippen LogP contribution >= 0.6 is 11.6 Å². The molecule has 0 atom stereocenters. The van der Waals surface area contributed by atoms with Gasteiger partial charge in [0.15, 0.2) is 6.61 Å². The molecule has 5 rings (SSSR count). The van der Waals surface area contributed by atoms with Crippen LogP contribution in [0.25, 0.3) is 10.8 Å². The van der Waals surface area contributed by atoms with Crippen molar-refractivity contribution in [3.8, 4) is 11.5 Å². The van der Waals surface area contributed by atoms with Crippen LogP contribution in [0.2, 0.25) is 5.02 Å². The van der Waals surface area contributed by atoms with Gasteiger partial charge >= 0.3 is 0 Å². The molecule has 2 fully saturated rings. The monoisotopic (exact) mass is 548 g/mol. The number of rotatable bonds is 7. The molecule has 2 N–H and O–H groups in total. The molecule has 2 aliphatic heterocycles. The minimum Gasteiger partial charge on any atom is -0.506 e. The molecule has 2 saturated heterocycles. The van der Waals surface area contributed by atoms with Gasteiger partial charge in [0.1, 0.15) is 11.5 Å². The fourth-order valence-corrected chi connectivity index (χ4v) is 5.58. The molecule has 9 heteroatoms. The molecule has 0 aliphatic carbocycles. The summed E-state index contributed by atoms with van der Waals surface area (Å²) in [5, 5.41) is 15.5. The van der Waals surface area contributed by atoms with Gasteiger partial charge in [-0.05, 0) is 74.5 Å². The first kappa shape index (κ1) is 27.0. The van der Waals surface area contributed by atoms with Gasteiger partial charge in [-0.1, -0.05) is 42.3 Å². The first-order chi connectivity index (χ1) is 19.0. The summed E-state index contributed by atoms with van der Waals surface area (Å²) in [5.74, 6) is 0.0986. The lowest BCUT2D eigenvalue weighted by Crippen LogP contribution is -2.49. The Bertz CT molecular complexity index is 1360. The molecule has 0 spiro atoms. The van der Waals surface area contributed by atoms with Gasteiger partial charge < -0.3 is 19.6 Å². The number of ether oxygens (including phenoxy) is 1. The molecule has 2 aliphatic rings. The number of halogens is 1. The van der Waals surface area contributed by atoms with E-state index in [1.54, 1.807) is 6.21 Å². The van der Waals surface area contributed by atoms with E-state index in [1.165, 1.54) is 50.6 Å². The molecule has 0 unspecified atom stereocenters. The highest BCUT2D eigenvalue weighted by Gasteiger charge is 2.27. The number of carbonyl (C=O) groups excluding carboxylic acids is 2. The molecular weight excluding hydrogens is 516 g/mol. The summed E-state index contributed by atoms with van der Waals surface area (Å²) >= 11 is 5.89. The van der Waals surface area contributed by atoms with Crippen molar-refractivity contribution in [3.63, 3.8) is 0 Å². The molecule has 8 nitrogen and oxygen atoms in total. The van der Waals surface area contributed by atoms with Gasteiger partial charge in [-0.15, -0.1) is 0 Å². The van der Waals surface area contributed by atoms with Crippen molar-refractivity contribution in [1.29, 1.82) is 0 Å². The van der Waals surface area contributed by atoms with Crippen LogP contribution < -0.4 is 10.2 Å². The van der Waals surface area contributed by atoms with Crippen molar-refractivity contribution >= 4 is 40.4 Å². The van der Waals surface area contributed by atoms with Gasteiger partial charge in [0.25, 0.3) is 11.8 Å². The number of nitrogens with one attached hydrogen (secondary N) is 1. The maximum absolute atomic E-state index is 12.9. The number of nitrogens with zero attached hydrogens (tertiary/aromatic N) is 3. The molecule has 0 saturated carbocycles. The zero-order valence-electron chi connectivity index (χ0n) is 21.8. The molecule has 204 valence electrons. The van der Waals surface area contributed by atoms with Crippen molar-refractivity contribution in [1.82, 2.24) is 15.2 Å². The third kappa shape index (κ3) is 6.52. The van der Waals surface area contributed by atoms with E-state index in [2.05, 4.69) is 15.4 Å². The van der Waals surface area contributed by atoms with Gasteiger partial charge in [-0.2, -0.15) is 5.10 Å². The van der Waals surface area contributed by atoms with Crippen LogP contribution in [0.5, 0.6) is 11.5 Å².